The Balaban J connectivity index is 1.63. The zero-order valence-corrected chi connectivity index (χ0v) is 18.6. The van der Waals surface area contributed by atoms with Crippen LogP contribution in [-0.4, -0.2) is 28.7 Å². The predicted molar refractivity (Wildman–Crippen MR) is 128 cm³/mol. The van der Waals surface area contributed by atoms with Gasteiger partial charge in [0, 0.05) is 19.3 Å². The molecule has 168 valence electrons. The zero-order valence-electron chi connectivity index (χ0n) is 18.6. The number of hydrogen-bond acceptors (Lipinski definition) is 4. The smallest absolute Gasteiger partial charge is 0.277 e. The van der Waals surface area contributed by atoms with Crippen molar-refractivity contribution in [2.75, 3.05) is 12.1 Å². The molecule has 33 heavy (non-hydrogen) atoms. The maximum Gasteiger partial charge on any atom is 0.277 e. The summed E-state index contributed by atoms with van der Waals surface area (Å²) >= 11 is 0. The lowest BCUT2D eigenvalue weighted by Gasteiger charge is -2.49. The number of pyridine rings is 1. The van der Waals surface area contributed by atoms with Crippen LogP contribution < -0.4 is 15.2 Å². The van der Waals surface area contributed by atoms with Gasteiger partial charge in [0.15, 0.2) is 11.4 Å². The number of aromatic nitrogens is 1. The lowest BCUT2D eigenvalue weighted by molar-refractivity contribution is 0.0593. The molecule has 6 nitrogen and oxygen atoms in total. The van der Waals surface area contributed by atoms with Gasteiger partial charge in [0.05, 0.1) is 6.04 Å². The van der Waals surface area contributed by atoms with Crippen molar-refractivity contribution in [1.29, 1.82) is 0 Å². The maximum absolute atomic E-state index is 13.5. The van der Waals surface area contributed by atoms with E-state index in [1.54, 1.807) is 11.1 Å². The van der Waals surface area contributed by atoms with E-state index in [0.717, 1.165) is 30.4 Å². The van der Waals surface area contributed by atoms with Gasteiger partial charge in [0.25, 0.3) is 5.91 Å². The van der Waals surface area contributed by atoms with E-state index in [1.807, 2.05) is 60.3 Å². The Kier molecular flexibility index (Phi) is 5.73. The highest BCUT2D eigenvalue weighted by molar-refractivity contribution is 5.96. The average molecular weight is 442 g/mol. The van der Waals surface area contributed by atoms with Crippen LogP contribution in [0.15, 0.2) is 89.9 Å². The Bertz CT molecular complexity index is 1220. The molecule has 6 heteroatoms. The minimum absolute atomic E-state index is 0.00604. The van der Waals surface area contributed by atoms with Gasteiger partial charge in [-0.3, -0.25) is 19.3 Å². The van der Waals surface area contributed by atoms with Crippen molar-refractivity contribution < 1.29 is 9.53 Å². The van der Waals surface area contributed by atoms with E-state index < -0.39 is 0 Å². The summed E-state index contributed by atoms with van der Waals surface area (Å²) in [5.74, 6) is -0.102. The van der Waals surface area contributed by atoms with E-state index in [4.69, 9.17) is 4.74 Å². The Morgan fingerprint density at radius 3 is 2.42 bits per heavy atom. The number of fused-ring (bicyclic) bond motifs is 3. The summed E-state index contributed by atoms with van der Waals surface area (Å²) in [6, 6.07) is 21.5. The van der Waals surface area contributed by atoms with E-state index in [-0.39, 0.29) is 41.6 Å². The van der Waals surface area contributed by atoms with Crippen LogP contribution >= 0.6 is 0 Å². The number of benzene rings is 2. The van der Waals surface area contributed by atoms with Crippen molar-refractivity contribution in [2.24, 2.45) is 0 Å². The number of hydrogen-bond donors (Lipinski definition) is 0. The number of ether oxygens (including phenoxy) is 1. The summed E-state index contributed by atoms with van der Waals surface area (Å²) in [5, 5.41) is 2.23. The monoisotopic (exact) mass is 441 g/mol. The molecule has 0 radical (unpaired) electrons. The van der Waals surface area contributed by atoms with Crippen molar-refractivity contribution in [3.05, 3.63) is 112 Å². The highest BCUT2D eigenvalue weighted by Crippen LogP contribution is 2.35. The van der Waals surface area contributed by atoms with Crippen LogP contribution in [0.2, 0.25) is 0 Å². The minimum Gasteiger partial charge on any atom is -0.482 e. The van der Waals surface area contributed by atoms with E-state index in [2.05, 4.69) is 29.3 Å². The Morgan fingerprint density at radius 2 is 1.67 bits per heavy atom. The molecule has 2 atom stereocenters. The predicted octanol–water partition coefficient (Wildman–Crippen LogP) is 4.26. The Morgan fingerprint density at radius 1 is 0.939 bits per heavy atom. The van der Waals surface area contributed by atoms with Crippen molar-refractivity contribution in [2.45, 2.75) is 38.1 Å². The van der Waals surface area contributed by atoms with Crippen LogP contribution in [0.5, 0.6) is 5.75 Å². The van der Waals surface area contributed by atoms with Crippen molar-refractivity contribution in [3.63, 3.8) is 0 Å². The molecule has 2 aliphatic heterocycles. The molecule has 0 fully saturated rings. The van der Waals surface area contributed by atoms with Gasteiger partial charge in [-0.1, -0.05) is 72.8 Å². The first kappa shape index (κ1) is 21.1. The van der Waals surface area contributed by atoms with Crippen LogP contribution in [0.1, 0.15) is 46.9 Å². The van der Waals surface area contributed by atoms with Gasteiger partial charge >= 0.3 is 0 Å². The first-order valence-electron chi connectivity index (χ1n) is 11.3. The molecular formula is C27H27N3O3. The van der Waals surface area contributed by atoms with Gasteiger partial charge in [-0.2, -0.15) is 0 Å². The summed E-state index contributed by atoms with van der Waals surface area (Å²) < 4.78 is 7.85. The number of carbonyl (C=O) groups excluding carboxylic acids is 1. The molecule has 0 N–H and O–H groups in total. The first-order chi connectivity index (χ1) is 16.1. The van der Waals surface area contributed by atoms with Crippen LogP contribution in [-0.2, 0) is 6.61 Å². The number of amides is 1. The summed E-state index contributed by atoms with van der Waals surface area (Å²) in [6.45, 7) is 0.221. The number of rotatable bonds is 4. The second-order valence-electron chi connectivity index (χ2n) is 8.46. The van der Waals surface area contributed by atoms with Gasteiger partial charge in [-0.05, 0) is 30.4 Å². The third kappa shape index (κ3) is 3.93. The lowest BCUT2D eigenvalue weighted by Crippen LogP contribution is -2.61. The van der Waals surface area contributed by atoms with Gasteiger partial charge < -0.3 is 9.64 Å². The largest absolute Gasteiger partial charge is 0.482 e. The van der Waals surface area contributed by atoms with E-state index >= 15 is 0 Å². The van der Waals surface area contributed by atoms with Gasteiger partial charge in [0.1, 0.15) is 12.8 Å². The highest BCUT2D eigenvalue weighted by atomic mass is 16.5. The molecule has 0 spiro atoms. The lowest BCUT2D eigenvalue weighted by atomic mass is 9.98. The van der Waals surface area contributed by atoms with Crippen molar-refractivity contribution in [1.82, 2.24) is 9.58 Å². The van der Waals surface area contributed by atoms with E-state index in [1.165, 1.54) is 6.07 Å². The number of nitrogens with zero attached hydrogens (tertiary/aromatic N) is 3. The quantitative estimate of drug-likeness (QED) is 0.568. The molecule has 1 aromatic heterocycles. The van der Waals surface area contributed by atoms with Gasteiger partial charge in [-0.25, -0.2) is 0 Å². The molecule has 5 rings (SSSR count). The van der Waals surface area contributed by atoms with Crippen molar-refractivity contribution >= 4 is 5.91 Å². The summed E-state index contributed by atoms with van der Waals surface area (Å²) in [7, 11) is 1.81. The standard InChI is InChI=1S/C27H27N3O3/c1-28-24-16-10-4-9-15-22(21-13-7-3-8-14-21)30(24)29-18-17-23(31)26(25(29)27(28)32)33-19-20-11-5-2-6-12-20/h2-9,11-14,17-18,22,24H,10,15-16,19H2,1H3/b9-4-. The van der Waals surface area contributed by atoms with Crippen LogP contribution in [0.3, 0.4) is 0 Å². The molecule has 1 amide bonds. The third-order valence-electron chi connectivity index (χ3n) is 6.41. The van der Waals surface area contributed by atoms with Crippen LogP contribution in [0, 0.1) is 0 Å². The SMILES string of the molecule is CN1C(=O)c2c(OCc3ccccc3)c(=O)ccn2N2C(c3ccccc3)C/C=C\CCC12. The second kappa shape index (κ2) is 8.98. The number of carbonyl (C=O) groups is 1. The molecule has 0 bridgehead atoms. The summed E-state index contributed by atoms with van der Waals surface area (Å²) in [5.41, 5.74) is 2.09. The molecule has 2 aromatic carbocycles. The Hall–Kier alpha value is -3.80. The summed E-state index contributed by atoms with van der Waals surface area (Å²) in [4.78, 5) is 28.1. The average Bonchev–Trinajstić information content (AvgIpc) is 2.83. The minimum atomic E-state index is -0.291. The second-order valence-corrected chi connectivity index (χ2v) is 8.46. The molecular weight excluding hydrogens is 414 g/mol. The molecule has 2 unspecified atom stereocenters. The number of allylic oxidation sites excluding steroid dienone is 1. The zero-order chi connectivity index (χ0) is 22.8. The molecule has 2 aliphatic rings. The molecule has 0 aliphatic carbocycles. The van der Waals surface area contributed by atoms with E-state index in [9.17, 15) is 9.59 Å². The fraction of sp³-hybridized carbons (Fsp3) is 0.259. The maximum atomic E-state index is 13.5. The topological polar surface area (TPSA) is 54.8 Å². The van der Waals surface area contributed by atoms with Crippen molar-refractivity contribution in [3.8, 4) is 5.75 Å². The van der Waals surface area contributed by atoms with Gasteiger partial charge in [0.2, 0.25) is 5.43 Å². The van der Waals surface area contributed by atoms with Crippen LogP contribution in [0.4, 0.5) is 0 Å². The van der Waals surface area contributed by atoms with E-state index in [0.29, 0.717) is 0 Å². The molecule has 3 heterocycles. The molecule has 3 aromatic rings. The fourth-order valence-electron chi connectivity index (χ4n) is 4.73. The normalized spacial score (nSPS) is 20.9. The third-order valence-corrected chi connectivity index (χ3v) is 6.41. The molecule has 0 saturated heterocycles. The Labute approximate surface area is 193 Å². The highest BCUT2D eigenvalue weighted by Gasteiger charge is 2.41. The first-order valence-corrected chi connectivity index (χ1v) is 11.3. The van der Waals surface area contributed by atoms with Gasteiger partial charge in [-0.15, -0.1) is 0 Å². The summed E-state index contributed by atoms with van der Waals surface area (Å²) in [6.07, 6.45) is 8.46. The van der Waals surface area contributed by atoms with Crippen LogP contribution in [0.25, 0.3) is 0 Å². The fourth-order valence-corrected chi connectivity index (χ4v) is 4.73. The molecule has 0 saturated carbocycles.